The number of aryl methyl sites for hydroxylation is 1. The number of carbonyl (C=O) groups is 1. The van der Waals surface area contributed by atoms with Gasteiger partial charge in [0, 0.05) is 18.3 Å². The Balaban J connectivity index is 1.53. The van der Waals surface area contributed by atoms with Crippen LogP contribution in [0.2, 0.25) is 0 Å². The number of rotatable bonds is 8. The molecule has 2 N–H and O–H groups in total. The number of hydrogen-bond acceptors (Lipinski definition) is 6. The summed E-state index contributed by atoms with van der Waals surface area (Å²) in [7, 11) is -4.22. The summed E-state index contributed by atoms with van der Waals surface area (Å²) in [5.41, 5.74) is 2.47. The van der Waals surface area contributed by atoms with E-state index < -0.39 is 32.5 Å². The summed E-state index contributed by atoms with van der Waals surface area (Å²) in [4.78, 5) is 10.8. The molecule has 4 aromatic rings. The minimum atomic E-state index is -4.22. The summed E-state index contributed by atoms with van der Waals surface area (Å²) in [6, 6.07) is 8.53. The molecule has 0 saturated heterocycles. The van der Waals surface area contributed by atoms with E-state index in [-0.39, 0.29) is 12.4 Å². The van der Waals surface area contributed by atoms with Crippen molar-refractivity contribution in [1.29, 1.82) is 0 Å². The number of amides is 1. The van der Waals surface area contributed by atoms with Gasteiger partial charge >= 0.3 is 0 Å². The van der Waals surface area contributed by atoms with Gasteiger partial charge in [-0.05, 0) is 36.2 Å². The van der Waals surface area contributed by atoms with Gasteiger partial charge in [-0.1, -0.05) is 29.9 Å². The molecule has 9 nitrogen and oxygen atoms in total. The molecule has 0 fully saturated rings. The van der Waals surface area contributed by atoms with Crippen molar-refractivity contribution >= 4 is 32.7 Å². The number of aromatic nitrogens is 3. The van der Waals surface area contributed by atoms with Crippen LogP contribution in [0.5, 0.6) is 0 Å². The third kappa shape index (κ3) is 4.81. The number of benzene rings is 2. The Labute approximate surface area is 193 Å². The van der Waals surface area contributed by atoms with E-state index in [4.69, 9.17) is 4.52 Å². The van der Waals surface area contributed by atoms with Gasteiger partial charge in [-0.15, -0.1) is 0 Å². The lowest BCUT2D eigenvalue weighted by Gasteiger charge is -2.08. The van der Waals surface area contributed by atoms with E-state index >= 15 is 0 Å². The molecule has 0 radical (unpaired) electrons. The van der Waals surface area contributed by atoms with Crippen LogP contribution in [0.3, 0.4) is 0 Å². The minimum Gasteiger partial charge on any atom is -0.354 e. The second-order valence-electron chi connectivity index (χ2n) is 7.49. The molecule has 0 saturated carbocycles. The molecule has 12 heteroatoms. The first-order valence-electron chi connectivity index (χ1n) is 9.94. The van der Waals surface area contributed by atoms with Gasteiger partial charge in [0.1, 0.15) is 10.7 Å². The highest BCUT2D eigenvalue weighted by atomic mass is 32.2. The van der Waals surface area contributed by atoms with Crippen molar-refractivity contribution in [3.05, 3.63) is 83.7 Å². The second-order valence-corrected chi connectivity index (χ2v) is 9.14. The van der Waals surface area contributed by atoms with Crippen LogP contribution in [-0.2, 0) is 27.9 Å². The normalized spacial score (nSPS) is 11.5. The third-order valence-corrected chi connectivity index (χ3v) is 6.29. The first-order valence-corrected chi connectivity index (χ1v) is 11.4. The van der Waals surface area contributed by atoms with Crippen LogP contribution in [0.4, 0.5) is 14.6 Å². The SMILES string of the molecule is C=C(F)C(=O)NCc1cnn(Cc2cc(C)c3c(NS(=O)(=O)c4ccccc4F)noc3c2)c1. The number of fused-ring (bicyclic) bond motifs is 1. The Bertz CT molecular complexity index is 1510. The topological polar surface area (TPSA) is 119 Å². The zero-order chi connectivity index (χ0) is 24.5. The van der Waals surface area contributed by atoms with Crippen molar-refractivity contribution in [2.24, 2.45) is 0 Å². The highest BCUT2D eigenvalue weighted by Crippen LogP contribution is 2.30. The Morgan fingerprint density at radius 3 is 2.74 bits per heavy atom. The van der Waals surface area contributed by atoms with Crippen LogP contribution in [0, 0.1) is 12.7 Å². The van der Waals surface area contributed by atoms with Crippen LogP contribution in [0.25, 0.3) is 11.0 Å². The molecular weight excluding hydrogens is 468 g/mol. The standard InChI is InChI=1S/C22H19F2N5O4S/c1-13-7-15(11-29-12-16(10-26-29)9-25-22(30)14(2)23)8-18-20(13)21(27-33-18)28-34(31,32)19-6-4-3-5-17(19)24/h3-8,10,12H,2,9,11H2,1H3,(H,25,30)(H,27,28). The van der Waals surface area contributed by atoms with Gasteiger partial charge in [-0.3, -0.25) is 14.2 Å². The lowest BCUT2D eigenvalue weighted by Crippen LogP contribution is -2.22. The van der Waals surface area contributed by atoms with E-state index in [0.717, 1.165) is 17.7 Å². The van der Waals surface area contributed by atoms with E-state index in [0.29, 0.717) is 28.6 Å². The molecule has 34 heavy (non-hydrogen) atoms. The average Bonchev–Trinajstić information content (AvgIpc) is 3.39. The third-order valence-electron chi connectivity index (χ3n) is 4.92. The summed E-state index contributed by atoms with van der Waals surface area (Å²) < 4.78 is 61.2. The summed E-state index contributed by atoms with van der Waals surface area (Å²) >= 11 is 0. The van der Waals surface area contributed by atoms with E-state index in [9.17, 15) is 22.0 Å². The summed E-state index contributed by atoms with van der Waals surface area (Å²) in [6.07, 6.45) is 3.23. The molecule has 0 unspecified atom stereocenters. The van der Waals surface area contributed by atoms with Crippen LogP contribution in [0.15, 0.2) is 70.6 Å². The largest absolute Gasteiger partial charge is 0.354 e. The maximum Gasteiger partial charge on any atom is 0.279 e. The van der Waals surface area contributed by atoms with Gasteiger partial charge in [-0.2, -0.15) is 5.10 Å². The fourth-order valence-corrected chi connectivity index (χ4v) is 4.48. The molecule has 2 heterocycles. The van der Waals surface area contributed by atoms with Crippen LogP contribution in [-0.4, -0.2) is 29.3 Å². The molecule has 1 amide bonds. The van der Waals surface area contributed by atoms with E-state index in [1.54, 1.807) is 23.9 Å². The average molecular weight is 487 g/mol. The fourth-order valence-electron chi connectivity index (χ4n) is 3.40. The Morgan fingerprint density at radius 1 is 1.24 bits per heavy atom. The van der Waals surface area contributed by atoms with Gasteiger partial charge in [0.05, 0.1) is 18.1 Å². The zero-order valence-corrected chi connectivity index (χ0v) is 18.7. The first kappa shape index (κ1) is 23.1. The number of anilines is 1. The molecule has 0 spiro atoms. The van der Waals surface area contributed by atoms with Crippen molar-refractivity contribution in [2.75, 3.05) is 4.72 Å². The van der Waals surface area contributed by atoms with Crippen molar-refractivity contribution in [3.8, 4) is 0 Å². The van der Waals surface area contributed by atoms with Crippen LogP contribution in [0.1, 0.15) is 16.7 Å². The lowest BCUT2D eigenvalue weighted by atomic mass is 10.1. The highest BCUT2D eigenvalue weighted by Gasteiger charge is 2.22. The molecule has 2 aromatic heterocycles. The minimum absolute atomic E-state index is 0.0473. The van der Waals surface area contributed by atoms with E-state index in [1.807, 2.05) is 6.07 Å². The molecular formula is C22H19F2N5O4S. The molecule has 0 aliphatic rings. The molecule has 0 atom stereocenters. The summed E-state index contributed by atoms with van der Waals surface area (Å²) in [5.74, 6) is -2.89. The van der Waals surface area contributed by atoms with Gasteiger partial charge in [0.25, 0.3) is 15.9 Å². The van der Waals surface area contributed by atoms with Crippen molar-refractivity contribution in [2.45, 2.75) is 24.9 Å². The smallest absolute Gasteiger partial charge is 0.279 e. The zero-order valence-electron chi connectivity index (χ0n) is 17.9. The number of sulfonamides is 1. The summed E-state index contributed by atoms with van der Waals surface area (Å²) in [5, 5.41) is 10.9. The number of carbonyl (C=O) groups excluding carboxylic acids is 1. The predicted octanol–water partition coefficient (Wildman–Crippen LogP) is 3.42. The van der Waals surface area contributed by atoms with Crippen molar-refractivity contribution in [3.63, 3.8) is 0 Å². The van der Waals surface area contributed by atoms with Crippen LogP contribution >= 0.6 is 0 Å². The quantitative estimate of drug-likeness (QED) is 0.368. The van der Waals surface area contributed by atoms with E-state index in [2.05, 4.69) is 26.9 Å². The predicted molar refractivity (Wildman–Crippen MR) is 119 cm³/mol. The molecule has 0 aliphatic carbocycles. The Morgan fingerprint density at radius 2 is 2.00 bits per heavy atom. The molecule has 2 aromatic carbocycles. The number of nitrogens with zero attached hydrogens (tertiary/aromatic N) is 3. The maximum absolute atomic E-state index is 14.0. The fraction of sp³-hybridized carbons (Fsp3) is 0.136. The lowest BCUT2D eigenvalue weighted by molar-refractivity contribution is -0.119. The number of nitrogens with one attached hydrogen (secondary N) is 2. The van der Waals surface area contributed by atoms with Crippen molar-refractivity contribution < 1.29 is 26.5 Å². The molecule has 176 valence electrons. The number of halogens is 2. The van der Waals surface area contributed by atoms with Gasteiger partial charge < -0.3 is 9.84 Å². The highest BCUT2D eigenvalue weighted by molar-refractivity contribution is 7.92. The number of hydrogen-bond donors (Lipinski definition) is 2. The Hall–Kier alpha value is -4.06. The Kier molecular flexibility index (Phi) is 6.16. The van der Waals surface area contributed by atoms with E-state index in [1.165, 1.54) is 18.3 Å². The van der Waals surface area contributed by atoms with Gasteiger partial charge in [0.15, 0.2) is 17.2 Å². The van der Waals surface area contributed by atoms with Crippen molar-refractivity contribution in [1.82, 2.24) is 20.3 Å². The first-order chi connectivity index (χ1) is 16.1. The van der Waals surface area contributed by atoms with Gasteiger partial charge in [-0.25, -0.2) is 17.2 Å². The summed E-state index contributed by atoms with van der Waals surface area (Å²) in [6.45, 7) is 5.13. The maximum atomic E-state index is 14.0. The van der Waals surface area contributed by atoms with Crippen LogP contribution < -0.4 is 10.0 Å². The monoisotopic (exact) mass is 487 g/mol. The molecule has 0 aliphatic heterocycles. The van der Waals surface area contributed by atoms with Gasteiger partial charge in [0.2, 0.25) is 0 Å². The molecule has 0 bridgehead atoms. The molecule has 4 rings (SSSR count). The second kappa shape index (κ2) is 9.06.